The Kier molecular flexibility index (Phi) is 7.36. The Balaban J connectivity index is 1.71. The highest BCUT2D eigenvalue weighted by Gasteiger charge is 2.14. The molecule has 1 aromatic heterocycles. The second-order valence-electron chi connectivity index (χ2n) is 6.69. The summed E-state index contributed by atoms with van der Waals surface area (Å²) in [7, 11) is 6.28. The maximum absolute atomic E-state index is 12.6. The number of para-hydroxylation sites is 1. The van der Waals surface area contributed by atoms with Crippen LogP contribution in [-0.2, 0) is 4.79 Å². The van der Waals surface area contributed by atoms with Crippen molar-refractivity contribution in [3.05, 3.63) is 53.7 Å². The molecule has 0 radical (unpaired) electrons. The molecular formula is C23H25N3O4S. The zero-order chi connectivity index (χ0) is 22.4. The Morgan fingerprint density at radius 3 is 2.42 bits per heavy atom. The molecule has 0 saturated heterocycles. The predicted octanol–water partition coefficient (Wildman–Crippen LogP) is 4.15. The van der Waals surface area contributed by atoms with Crippen LogP contribution in [0, 0.1) is 6.92 Å². The number of hydrogen-bond donors (Lipinski definition) is 0. The van der Waals surface area contributed by atoms with Crippen LogP contribution in [0.2, 0.25) is 0 Å². The topological polar surface area (TPSA) is 73.2 Å². The molecule has 162 valence electrons. The first-order valence-corrected chi connectivity index (χ1v) is 10.5. The van der Waals surface area contributed by atoms with E-state index in [1.807, 2.05) is 37.3 Å². The van der Waals surface area contributed by atoms with Crippen molar-refractivity contribution in [3.63, 3.8) is 0 Å². The van der Waals surface area contributed by atoms with Crippen molar-refractivity contribution in [2.45, 2.75) is 11.8 Å². The third-order valence-electron chi connectivity index (χ3n) is 4.59. The van der Waals surface area contributed by atoms with Crippen molar-refractivity contribution in [2.24, 2.45) is 5.10 Å². The van der Waals surface area contributed by atoms with Gasteiger partial charge in [-0.05, 0) is 31.2 Å². The summed E-state index contributed by atoms with van der Waals surface area (Å²) in [6, 6.07) is 13.5. The van der Waals surface area contributed by atoms with E-state index in [0.717, 1.165) is 27.1 Å². The smallest absolute Gasteiger partial charge is 0.252 e. The minimum atomic E-state index is -0.118. The lowest BCUT2D eigenvalue weighted by Crippen LogP contribution is -2.23. The number of aromatic nitrogens is 1. The fourth-order valence-electron chi connectivity index (χ4n) is 3.02. The number of rotatable bonds is 8. The molecule has 3 rings (SSSR count). The fourth-order valence-corrected chi connectivity index (χ4v) is 4.06. The van der Waals surface area contributed by atoms with E-state index in [0.29, 0.717) is 17.2 Å². The van der Waals surface area contributed by atoms with E-state index in [1.165, 1.54) is 16.8 Å². The quantitative estimate of drug-likeness (QED) is 0.298. The summed E-state index contributed by atoms with van der Waals surface area (Å²) in [6.07, 6.45) is 1.58. The van der Waals surface area contributed by atoms with Crippen LogP contribution in [0.25, 0.3) is 10.9 Å². The molecule has 0 saturated carbocycles. The molecule has 0 atom stereocenters. The Morgan fingerprint density at radius 2 is 1.77 bits per heavy atom. The molecule has 0 aliphatic carbocycles. The number of carbonyl (C=O) groups excluding carboxylic acids is 1. The molecule has 0 spiro atoms. The number of hydrogen-bond acceptors (Lipinski definition) is 7. The molecule has 7 nitrogen and oxygen atoms in total. The van der Waals surface area contributed by atoms with Gasteiger partial charge in [0.2, 0.25) is 5.75 Å². The van der Waals surface area contributed by atoms with E-state index in [1.54, 1.807) is 46.7 Å². The average Bonchev–Trinajstić information content (AvgIpc) is 2.79. The van der Waals surface area contributed by atoms with Gasteiger partial charge in [-0.2, -0.15) is 5.10 Å². The molecule has 0 N–H and O–H groups in total. The molecule has 3 aromatic rings. The van der Waals surface area contributed by atoms with E-state index < -0.39 is 0 Å². The standard InChI is InChI=1S/C23H25N3O4S/c1-15-10-21(17-8-6-7-9-18(17)25-15)31-14-22(27)26(2)24-13-16-11-19(28-3)23(30-5)20(12-16)29-4/h6-13H,14H2,1-5H3/b24-13+. The lowest BCUT2D eigenvalue weighted by Gasteiger charge is -2.14. The molecule has 0 unspecified atom stereocenters. The summed E-state index contributed by atoms with van der Waals surface area (Å²) in [5.41, 5.74) is 2.56. The van der Waals surface area contributed by atoms with Gasteiger partial charge >= 0.3 is 0 Å². The highest BCUT2D eigenvalue weighted by atomic mass is 32.2. The van der Waals surface area contributed by atoms with Crippen molar-refractivity contribution in [3.8, 4) is 17.2 Å². The summed E-state index contributed by atoms with van der Waals surface area (Å²) in [5, 5.41) is 6.64. The zero-order valence-electron chi connectivity index (χ0n) is 18.2. The Labute approximate surface area is 186 Å². The maximum atomic E-state index is 12.6. The molecule has 1 heterocycles. The van der Waals surface area contributed by atoms with Crippen LogP contribution >= 0.6 is 11.8 Å². The Hall–Kier alpha value is -3.26. The number of nitrogens with zero attached hydrogens (tertiary/aromatic N) is 3. The number of methoxy groups -OCH3 is 3. The minimum Gasteiger partial charge on any atom is -0.493 e. The van der Waals surface area contributed by atoms with Crippen LogP contribution in [0.4, 0.5) is 0 Å². The van der Waals surface area contributed by atoms with Crippen molar-refractivity contribution in [1.29, 1.82) is 0 Å². The van der Waals surface area contributed by atoms with Gasteiger partial charge in [-0.25, -0.2) is 5.01 Å². The molecule has 8 heteroatoms. The number of fused-ring (bicyclic) bond motifs is 1. The largest absolute Gasteiger partial charge is 0.493 e. The summed E-state index contributed by atoms with van der Waals surface area (Å²) in [5.74, 6) is 1.69. The van der Waals surface area contributed by atoms with Crippen molar-refractivity contribution in [2.75, 3.05) is 34.1 Å². The van der Waals surface area contributed by atoms with Gasteiger partial charge in [-0.15, -0.1) is 11.8 Å². The first-order chi connectivity index (χ1) is 15.0. The summed E-state index contributed by atoms with van der Waals surface area (Å²) in [4.78, 5) is 18.2. The molecule has 31 heavy (non-hydrogen) atoms. The van der Waals surface area contributed by atoms with Crippen LogP contribution in [0.15, 0.2) is 52.5 Å². The molecular weight excluding hydrogens is 414 g/mol. The number of ether oxygens (including phenoxy) is 3. The zero-order valence-corrected chi connectivity index (χ0v) is 19.0. The van der Waals surface area contributed by atoms with Crippen LogP contribution < -0.4 is 14.2 Å². The highest BCUT2D eigenvalue weighted by Crippen LogP contribution is 2.37. The Bertz CT molecular complexity index is 1090. The van der Waals surface area contributed by atoms with E-state index in [4.69, 9.17) is 14.2 Å². The summed E-state index contributed by atoms with van der Waals surface area (Å²) < 4.78 is 16.0. The number of hydrazone groups is 1. The number of amides is 1. The number of carbonyl (C=O) groups is 1. The molecule has 0 aliphatic rings. The van der Waals surface area contributed by atoms with Crippen molar-refractivity contribution >= 4 is 34.8 Å². The number of pyridine rings is 1. The van der Waals surface area contributed by atoms with Gasteiger partial charge in [0.15, 0.2) is 11.5 Å². The predicted molar refractivity (Wildman–Crippen MR) is 124 cm³/mol. The lowest BCUT2D eigenvalue weighted by molar-refractivity contribution is -0.127. The third-order valence-corrected chi connectivity index (χ3v) is 5.63. The van der Waals surface area contributed by atoms with Gasteiger partial charge < -0.3 is 14.2 Å². The molecule has 0 bridgehead atoms. The molecule has 2 aromatic carbocycles. The normalized spacial score (nSPS) is 11.0. The second-order valence-corrected chi connectivity index (χ2v) is 7.71. The lowest BCUT2D eigenvalue weighted by atomic mass is 10.2. The van der Waals surface area contributed by atoms with Crippen LogP contribution in [0.5, 0.6) is 17.2 Å². The Morgan fingerprint density at radius 1 is 1.10 bits per heavy atom. The van der Waals surface area contributed by atoms with E-state index in [2.05, 4.69) is 10.1 Å². The van der Waals surface area contributed by atoms with Gasteiger partial charge in [0.05, 0.1) is 38.8 Å². The highest BCUT2D eigenvalue weighted by molar-refractivity contribution is 8.00. The second kappa shape index (κ2) is 10.2. The van der Waals surface area contributed by atoms with Crippen molar-refractivity contribution < 1.29 is 19.0 Å². The van der Waals surface area contributed by atoms with Crippen molar-refractivity contribution in [1.82, 2.24) is 9.99 Å². The van der Waals surface area contributed by atoms with E-state index in [-0.39, 0.29) is 11.7 Å². The molecule has 1 amide bonds. The maximum Gasteiger partial charge on any atom is 0.252 e. The van der Waals surface area contributed by atoms with Gasteiger partial charge in [0, 0.05) is 28.6 Å². The average molecular weight is 440 g/mol. The van der Waals surface area contributed by atoms with Gasteiger partial charge in [-0.1, -0.05) is 18.2 Å². The first kappa shape index (κ1) is 22.4. The van der Waals surface area contributed by atoms with E-state index >= 15 is 0 Å². The molecule has 0 aliphatic heterocycles. The number of thioether (sulfide) groups is 1. The van der Waals surface area contributed by atoms with E-state index in [9.17, 15) is 4.79 Å². The van der Waals surface area contributed by atoms with Gasteiger partial charge in [0.1, 0.15) is 0 Å². The summed E-state index contributed by atoms with van der Waals surface area (Å²) in [6.45, 7) is 1.95. The van der Waals surface area contributed by atoms with Crippen LogP contribution in [0.1, 0.15) is 11.3 Å². The van der Waals surface area contributed by atoms with Crippen LogP contribution in [-0.4, -0.2) is 56.2 Å². The third kappa shape index (κ3) is 5.27. The van der Waals surface area contributed by atoms with Crippen LogP contribution in [0.3, 0.4) is 0 Å². The number of aryl methyl sites for hydroxylation is 1. The monoisotopic (exact) mass is 439 g/mol. The summed E-state index contributed by atoms with van der Waals surface area (Å²) >= 11 is 1.48. The fraction of sp³-hybridized carbons (Fsp3) is 0.261. The first-order valence-electron chi connectivity index (χ1n) is 9.56. The number of benzene rings is 2. The minimum absolute atomic E-state index is 0.118. The molecule has 0 fully saturated rings. The van der Waals surface area contributed by atoms with Gasteiger partial charge in [0.25, 0.3) is 5.91 Å². The van der Waals surface area contributed by atoms with Gasteiger partial charge in [-0.3, -0.25) is 9.78 Å². The SMILES string of the molecule is COc1cc(/C=N/N(C)C(=O)CSc2cc(C)nc3ccccc23)cc(OC)c1OC.